The summed E-state index contributed by atoms with van der Waals surface area (Å²) in [6, 6.07) is 0. The molecule has 0 N–H and O–H groups in total. The average molecular weight is 128 g/mol. The van der Waals surface area contributed by atoms with E-state index < -0.39 is 0 Å². The maximum atomic E-state index is 10.5. The lowest BCUT2D eigenvalue weighted by Crippen LogP contribution is -2.34. The predicted octanol–water partition coefficient (Wildman–Crippen LogP) is 1.35. The number of esters is 1. The minimum atomic E-state index is 0.00319. The Hall–Kier alpha value is -0.530. The van der Waals surface area contributed by atoms with Gasteiger partial charge in [0.05, 0.1) is 5.92 Å². The molecule has 9 heavy (non-hydrogen) atoms. The standard InChI is InChI=1S/C7H12O2/c1-2-3-4-6-5-9-7(6)8/h6H,2-5H2,1H3/t6-/m0/s1. The summed E-state index contributed by atoms with van der Waals surface area (Å²) in [5.74, 6) is 0.244. The number of carbonyl (C=O) groups excluding carboxylic acids is 1. The number of rotatable bonds is 3. The van der Waals surface area contributed by atoms with Gasteiger partial charge >= 0.3 is 5.97 Å². The maximum Gasteiger partial charge on any atom is 0.312 e. The first kappa shape index (κ1) is 6.59. The number of unbranched alkanes of at least 4 members (excludes halogenated alkanes) is 1. The Kier molecular flexibility index (Phi) is 2.09. The van der Waals surface area contributed by atoms with Crippen LogP contribution < -0.4 is 0 Å². The largest absolute Gasteiger partial charge is 0.464 e. The molecule has 2 nitrogen and oxygen atoms in total. The fourth-order valence-corrected chi connectivity index (χ4v) is 0.921. The van der Waals surface area contributed by atoms with Crippen LogP contribution in [0.4, 0.5) is 0 Å². The van der Waals surface area contributed by atoms with Crippen LogP contribution in [-0.2, 0) is 9.53 Å². The van der Waals surface area contributed by atoms with Crippen LogP contribution >= 0.6 is 0 Å². The molecule has 0 radical (unpaired) electrons. The highest BCUT2D eigenvalue weighted by Gasteiger charge is 2.29. The number of carbonyl (C=O) groups is 1. The molecule has 1 aliphatic heterocycles. The molecule has 1 fully saturated rings. The molecule has 0 aromatic rings. The van der Waals surface area contributed by atoms with E-state index in [1.165, 1.54) is 6.42 Å². The Bertz CT molecular complexity index is 109. The molecule has 0 aromatic carbocycles. The summed E-state index contributed by atoms with van der Waals surface area (Å²) >= 11 is 0. The van der Waals surface area contributed by atoms with Gasteiger partial charge in [0, 0.05) is 0 Å². The Morgan fingerprint density at radius 3 is 2.89 bits per heavy atom. The maximum absolute atomic E-state index is 10.5. The summed E-state index contributed by atoms with van der Waals surface area (Å²) in [4.78, 5) is 10.5. The van der Waals surface area contributed by atoms with Gasteiger partial charge in [-0.05, 0) is 6.42 Å². The zero-order valence-electron chi connectivity index (χ0n) is 5.72. The van der Waals surface area contributed by atoms with Gasteiger partial charge in [-0.15, -0.1) is 0 Å². The average Bonchev–Trinajstić information content (AvgIpc) is 1.86. The number of hydrogen-bond donors (Lipinski definition) is 0. The molecule has 0 bridgehead atoms. The van der Waals surface area contributed by atoms with Crippen LogP contribution in [0.2, 0.25) is 0 Å². The van der Waals surface area contributed by atoms with Gasteiger partial charge in [0.1, 0.15) is 6.61 Å². The Balaban J connectivity index is 2.06. The van der Waals surface area contributed by atoms with Crippen molar-refractivity contribution < 1.29 is 9.53 Å². The molecule has 52 valence electrons. The van der Waals surface area contributed by atoms with Gasteiger partial charge < -0.3 is 4.74 Å². The highest BCUT2D eigenvalue weighted by atomic mass is 16.6. The summed E-state index contributed by atoms with van der Waals surface area (Å²) in [6.45, 7) is 2.79. The smallest absolute Gasteiger partial charge is 0.312 e. The van der Waals surface area contributed by atoms with Crippen molar-refractivity contribution in [2.24, 2.45) is 5.92 Å². The van der Waals surface area contributed by atoms with E-state index in [-0.39, 0.29) is 11.9 Å². The fourth-order valence-electron chi connectivity index (χ4n) is 0.921. The molecule has 0 saturated carbocycles. The normalized spacial score (nSPS) is 25.0. The monoisotopic (exact) mass is 128 g/mol. The molecule has 0 aromatic heterocycles. The van der Waals surface area contributed by atoms with Crippen molar-refractivity contribution in [3.63, 3.8) is 0 Å². The van der Waals surface area contributed by atoms with E-state index in [0.29, 0.717) is 6.61 Å². The topological polar surface area (TPSA) is 26.3 Å². The summed E-state index contributed by atoms with van der Waals surface area (Å²) in [6.07, 6.45) is 3.35. The fraction of sp³-hybridized carbons (Fsp3) is 0.857. The van der Waals surface area contributed by atoms with Crippen molar-refractivity contribution in [3.8, 4) is 0 Å². The van der Waals surface area contributed by atoms with E-state index in [4.69, 9.17) is 0 Å². The molecular weight excluding hydrogens is 116 g/mol. The molecular formula is C7H12O2. The lowest BCUT2D eigenvalue weighted by Gasteiger charge is -2.23. The van der Waals surface area contributed by atoms with Crippen molar-refractivity contribution in [3.05, 3.63) is 0 Å². The zero-order chi connectivity index (χ0) is 6.69. The second-order valence-electron chi connectivity index (χ2n) is 2.47. The van der Waals surface area contributed by atoms with Gasteiger partial charge in [0.15, 0.2) is 0 Å². The van der Waals surface area contributed by atoms with Crippen LogP contribution in [0.25, 0.3) is 0 Å². The van der Waals surface area contributed by atoms with Gasteiger partial charge in [-0.2, -0.15) is 0 Å². The van der Waals surface area contributed by atoms with Gasteiger partial charge in [-0.3, -0.25) is 4.79 Å². The third-order valence-corrected chi connectivity index (χ3v) is 1.67. The Morgan fingerprint density at radius 2 is 2.56 bits per heavy atom. The minimum absolute atomic E-state index is 0.00319. The first-order valence-corrected chi connectivity index (χ1v) is 3.51. The molecule has 1 atom stereocenters. The highest BCUT2D eigenvalue weighted by Crippen LogP contribution is 2.18. The van der Waals surface area contributed by atoms with Crippen molar-refractivity contribution in [2.45, 2.75) is 26.2 Å². The second-order valence-corrected chi connectivity index (χ2v) is 2.47. The van der Waals surface area contributed by atoms with Crippen molar-refractivity contribution in [1.82, 2.24) is 0 Å². The van der Waals surface area contributed by atoms with Gasteiger partial charge in [-0.25, -0.2) is 0 Å². The quantitative estimate of drug-likeness (QED) is 0.536. The highest BCUT2D eigenvalue weighted by molar-refractivity contribution is 5.77. The molecule has 0 amide bonds. The van der Waals surface area contributed by atoms with E-state index in [0.717, 1.165) is 12.8 Å². The van der Waals surface area contributed by atoms with E-state index >= 15 is 0 Å². The molecule has 1 heterocycles. The molecule has 0 unspecified atom stereocenters. The lowest BCUT2D eigenvalue weighted by molar-refractivity contribution is -0.169. The van der Waals surface area contributed by atoms with E-state index in [9.17, 15) is 4.79 Å². The number of cyclic esters (lactones) is 1. The molecule has 1 rings (SSSR count). The lowest BCUT2D eigenvalue weighted by atomic mass is 10.0. The Morgan fingerprint density at radius 1 is 1.78 bits per heavy atom. The summed E-state index contributed by atoms with van der Waals surface area (Å²) < 4.78 is 4.60. The van der Waals surface area contributed by atoms with Gasteiger partial charge in [-0.1, -0.05) is 19.8 Å². The van der Waals surface area contributed by atoms with Crippen LogP contribution in [0.15, 0.2) is 0 Å². The molecule has 1 aliphatic rings. The van der Waals surface area contributed by atoms with Crippen molar-refractivity contribution >= 4 is 5.97 Å². The number of hydrogen-bond acceptors (Lipinski definition) is 2. The van der Waals surface area contributed by atoms with E-state index in [2.05, 4.69) is 11.7 Å². The summed E-state index contributed by atoms with van der Waals surface area (Å²) in [5, 5.41) is 0. The van der Waals surface area contributed by atoms with Gasteiger partial charge in [0.25, 0.3) is 0 Å². The van der Waals surface area contributed by atoms with Crippen LogP contribution in [0.1, 0.15) is 26.2 Å². The number of ether oxygens (including phenoxy) is 1. The molecule has 0 aliphatic carbocycles. The first-order chi connectivity index (χ1) is 4.34. The summed E-state index contributed by atoms with van der Waals surface area (Å²) in [5.41, 5.74) is 0. The van der Waals surface area contributed by atoms with Crippen LogP contribution in [0, 0.1) is 5.92 Å². The Labute approximate surface area is 55.2 Å². The zero-order valence-corrected chi connectivity index (χ0v) is 5.72. The van der Waals surface area contributed by atoms with Crippen molar-refractivity contribution in [1.29, 1.82) is 0 Å². The molecule has 0 spiro atoms. The summed E-state index contributed by atoms with van der Waals surface area (Å²) in [7, 11) is 0. The minimum Gasteiger partial charge on any atom is -0.464 e. The van der Waals surface area contributed by atoms with Gasteiger partial charge in [0.2, 0.25) is 0 Å². The second kappa shape index (κ2) is 2.85. The van der Waals surface area contributed by atoms with E-state index in [1.807, 2.05) is 0 Å². The third-order valence-electron chi connectivity index (χ3n) is 1.67. The first-order valence-electron chi connectivity index (χ1n) is 3.51. The molecule has 2 heteroatoms. The third kappa shape index (κ3) is 1.44. The molecule has 1 saturated heterocycles. The predicted molar refractivity (Wildman–Crippen MR) is 34.0 cm³/mol. The van der Waals surface area contributed by atoms with Crippen LogP contribution in [0.5, 0.6) is 0 Å². The van der Waals surface area contributed by atoms with Crippen molar-refractivity contribution in [2.75, 3.05) is 6.61 Å². The van der Waals surface area contributed by atoms with E-state index in [1.54, 1.807) is 0 Å². The SMILES string of the molecule is CCCC[C@H]1COC1=O. The van der Waals surface area contributed by atoms with Crippen LogP contribution in [-0.4, -0.2) is 12.6 Å². The van der Waals surface area contributed by atoms with Crippen LogP contribution in [0.3, 0.4) is 0 Å².